The Morgan fingerprint density at radius 3 is 2.60 bits per heavy atom. The summed E-state index contributed by atoms with van der Waals surface area (Å²) in [6.45, 7) is 1.10. The molecule has 0 fully saturated rings. The highest BCUT2D eigenvalue weighted by molar-refractivity contribution is 5.73. The van der Waals surface area contributed by atoms with Gasteiger partial charge in [-0.1, -0.05) is 6.42 Å². The first-order chi connectivity index (χ1) is 9.59. The third kappa shape index (κ3) is 6.72. The number of aliphatic carboxylic acids is 1. The van der Waals surface area contributed by atoms with Crippen LogP contribution in [-0.2, 0) is 11.3 Å². The molecule has 110 valence electrons. The number of rotatable bonds is 8. The molecular formula is C14H21N3O3. The van der Waals surface area contributed by atoms with Crippen LogP contribution in [0.15, 0.2) is 24.5 Å². The van der Waals surface area contributed by atoms with Crippen LogP contribution < -0.4 is 5.32 Å². The van der Waals surface area contributed by atoms with E-state index in [9.17, 15) is 9.59 Å². The lowest BCUT2D eigenvalue weighted by Gasteiger charge is -2.17. The van der Waals surface area contributed by atoms with Crippen molar-refractivity contribution in [2.24, 2.45) is 0 Å². The van der Waals surface area contributed by atoms with Crippen LogP contribution in [0.5, 0.6) is 0 Å². The number of carbonyl (C=O) groups is 2. The molecule has 6 heteroatoms. The number of nitrogens with one attached hydrogen (secondary N) is 1. The quantitative estimate of drug-likeness (QED) is 0.712. The molecule has 0 saturated carbocycles. The van der Waals surface area contributed by atoms with Gasteiger partial charge in [0.15, 0.2) is 0 Å². The molecule has 0 spiro atoms. The van der Waals surface area contributed by atoms with Crippen LogP contribution in [0.4, 0.5) is 4.79 Å². The fraction of sp³-hybridized carbons (Fsp3) is 0.500. The maximum Gasteiger partial charge on any atom is 0.317 e. The number of carbonyl (C=O) groups excluding carboxylic acids is 1. The number of pyridine rings is 1. The van der Waals surface area contributed by atoms with Crippen molar-refractivity contribution in [3.8, 4) is 0 Å². The van der Waals surface area contributed by atoms with Crippen LogP contribution in [-0.4, -0.2) is 40.6 Å². The monoisotopic (exact) mass is 279 g/mol. The minimum Gasteiger partial charge on any atom is -0.481 e. The molecule has 2 N–H and O–H groups in total. The summed E-state index contributed by atoms with van der Waals surface area (Å²) in [4.78, 5) is 27.6. The van der Waals surface area contributed by atoms with Gasteiger partial charge < -0.3 is 15.3 Å². The molecule has 0 radical (unpaired) electrons. The Balaban J connectivity index is 2.14. The van der Waals surface area contributed by atoms with Gasteiger partial charge >= 0.3 is 12.0 Å². The molecule has 0 bridgehead atoms. The van der Waals surface area contributed by atoms with Crippen molar-refractivity contribution < 1.29 is 14.7 Å². The van der Waals surface area contributed by atoms with Crippen molar-refractivity contribution in [2.45, 2.75) is 32.2 Å². The highest BCUT2D eigenvalue weighted by atomic mass is 16.4. The van der Waals surface area contributed by atoms with Crippen LogP contribution in [0.1, 0.15) is 31.2 Å². The lowest BCUT2D eigenvalue weighted by Crippen LogP contribution is -2.37. The summed E-state index contributed by atoms with van der Waals surface area (Å²) in [7, 11) is 1.74. The summed E-state index contributed by atoms with van der Waals surface area (Å²) in [5.74, 6) is -0.772. The van der Waals surface area contributed by atoms with E-state index in [0.717, 1.165) is 18.4 Å². The van der Waals surface area contributed by atoms with Gasteiger partial charge in [0.25, 0.3) is 0 Å². The molecule has 0 aliphatic carbocycles. The van der Waals surface area contributed by atoms with E-state index in [1.54, 1.807) is 24.3 Å². The normalized spacial score (nSPS) is 10.1. The molecule has 1 heterocycles. The zero-order valence-electron chi connectivity index (χ0n) is 11.7. The predicted octanol–water partition coefficient (Wildman–Crippen LogP) is 1.87. The molecule has 0 atom stereocenters. The fourth-order valence-corrected chi connectivity index (χ4v) is 1.74. The average Bonchev–Trinajstić information content (AvgIpc) is 2.43. The standard InChI is InChI=1S/C14H21N3O3/c1-17(11-12-6-9-15-10-7-12)14(20)16-8-4-2-3-5-13(18)19/h6-7,9-10H,2-5,8,11H2,1H3,(H,16,20)(H,18,19). The lowest BCUT2D eigenvalue weighted by atomic mass is 10.2. The molecule has 20 heavy (non-hydrogen) atoms. The highest BCUT2D eigenvalue weighted by Gasteiger charge is 2.07. The van der Waals surface area contributed by atoms with E-state index in [0.29, 0.717) is 19.5 Å². The van der Waals surface area contributed by atoms with Crippen molar-refractivity contribution in [2.75, 3.05) is 13.6 Å². The van der Waals surface area contributed by atoms with Crippen LogP contribution in [0, 0.1) is 0 Å². The largest absolute Gasteiger partial charge is 0.481 e. The minimum atomic E-state index is -0.772. The van der Waals surface area contributed by atoms with Gasteiger partial charge in [-0.2, -0.15) is 0 Å². The molecule has 6 nitrogen and oxygen atoms in total. The summed E-state index contributed by atoms with van der Waals surface area (Å²) < 4.78 is 0. The second kappa shape index (κ2) is 8.90. The maximum absolute atomic E-state index is 11.8. The SMILES string of the molecule is CN(Cc1ccncc1)C(=O)NCCCCCC(=O)O. The number of aromatic nitrogens is 1. The lowest BCUT2D eigenvalue weighted by molar-refractivity contribution is -0.137. The topological polar surface area (TPSA) is 82.5 Å². The van der Waals surface area contributed by atoms with Gasteiger partial charge in [0.1, 0.15) is 0 Å². The smallest absolute Gasteiger partial charge is 0.317 e. The molecule has 0 aromatic carbocycles. The van der Waals surface area contributed by atoms with Crippen LogP contribution in [0.25, 0.3) is 0 Å². The Kier molecular flexibility index (Phi) is 7.10. The second-order valence-corrected chi connectivity index (χ2v) is 4.65. The molecule has 2 amide bonds. The Morgan fingerprint density at radius 1 is 1.25 bits per heavy atom. The highest BCUT2D eigenvalue weighted by Crippen LogP contribution is 2.02. The molecule has 1 aromatic heterocycles. The third-order valence-electron chi connectivity index (χ3n) is 2.86. The molecular weight excluding hydrogens is 258 g/mol. The zero-order valence-corrected chi connectivity index (χ0v) is 11.7. The number of unbranched alkanes of at least 4 members (excludes halogenated alkanes) is 2. The number of amides is 2. The van der Waals surface area contributed by atoms with Gasteiger partial charge in [-0.05, 0) is 30.5 Å². The zero-order chi connectivity index (χ0) is 14.8. The van der Waals surface area contributed by atoms with Gasteiger partial charge in [-0.15, -0.1) is 0 Å². The predicted molar refractivity (Wildman–Crippen MR) is 75.2 cm³/mol. The fourth-order valence-electron chi connectivity index (χ4n) is 1.74. The number of nitrogens with zero attached hydrogens (tertiary/aromatic N) is 2. The Labute approximate surface area is 118 Å². The van der Waals surface area contributed by atoms with Crippen molar-refractivity contribution >= 4 is 12.0 Å². The van der Waals surface area contributed by atoms with E-state index in [-0.39, 0.29) is 12.5 Å². The molecule has 0 unspecified atom stereocenters. The Hall–Kier alpha value is -2.11. The van der Waals surface area contributed by atoms with Crippen LogP contribution >= 0.6 is 0 Å². The summed E-state index contributed by atoms with van der Waals surface area (Å²) in [6, 6.07) is 3.62. The number of carboxylic acid groups (broad SMARTS) is 1. The van der Waals surface area contributed by atoms with E-state index >= 15 is 0 Å². The first-order valence-electron chi connectivity index (χ1n) is 6.69. The summed E-state index contributed by atoms with van der Waals surface area (Å²) in [5, 5.41) is 11.3. The van der Waals surface area contributed by atoms with E-state index in [1.165, 1.54) is 0 Å². The molecule has 1 rings (SSSR count). The molecule has 0 aliphatic rings. The summed E-state index contributed by atoms with van der Waals surface area (Å²) in [6.07, 6.45) is 5.84. The first-order valence-corrected chi connectivity index (χ1v) is 6.69. The minimum absolute atomic E-state index is 0.125. The van der Waals surface area contributed by atoms with Crippen molar-refractivity contribution in [1.82, 2.24) is 15.2 Å². The van der Waals surface area contributed by atoms with Crippen LogP contribution in [0.2, 0.25) is 0 Å². The molecule has 0 aliphatic heterocycles. The summed E-state index contributed by atoms with van der Waals surface area (Å²) in [5.41, 5.74) is 1.03. The summed E-state index contributed by atoms with van der Waals surface area (Å²) >= 11 is 0. The number of carboxylic acids is 1. The van der Waals surface area contributed by atoms with E-state index in [1.807, 2.05) is 12.1 Å². The van der Waals surface area contributed by atoms with Gasteiger partial charge in [-0.25, -0.2) is 4.79 Å². The molecule has 0 saturated heterocycles. The third-order valence-corrected chi connectivity index (χ3v) is 2.86. The number of urea groups is 1. The van der Waals surface area contributed by atoms with E-state index in [2.05, 4.69) is 10.3 Å². The van der Waals surface area contributed by atoms with Gasteiger partial charge in [0.2, 0.25) is 0 Å². The number of hydrogen-bond donors (Lipinski definition) is 2. The first kappa shape index (κ1) is 15.9. The van der Waals surface area contributed by atoms with Gasteiger partial charge in [0, 0.05) is 39.0 Å². The Morgan fingerprint density at radius 2 is 1.95 bits per heavy atom. The van der Waals surface area contributed by atoms with Crippen molar-refractivity contribution in [3.05, 3.63) is 30.1 Å². The number of hydrogen-bond acceptors (Lipinski definition) is 3. The van der Waals surface area contributed by atoms with Crippen LogP contribution in [0.3, 0.4) is 0 Å². The van der Waals surface area contributed by atoms with E-state index in [4.69, 9.17) is 5.11 Å². The maximum atomic E-state index is 11.8. The second-order valence-electron chi connectivity index (χ2n) is 4.65. The van der Waals surface area contributed by atoms with Crippen molar-refractivity contribution in [3.63, 3.8) is 0 Å². The van der Waals surface area contributed by atoms with Gasteiger partial charge in [0.05, 0.1) is 0 Å². The average molecular weight is 279 g/mol. The van der Waals surface area contributed by atoms with Gasteiger partial charge in [-0.3, -0.25) is 9.78 Å². The van der Waals surface area contributed by atoms with Crippen molar-refractivity contribution in [1.29, 1.82) is 0 Å². The van der Waals surface area contributed by atoms with E-state index < -0.39 is 5.97 Å². The molecule has 1 aromatic rings. The Bertz CT molecular complexity index is 423.